The minimum Gasteiger partial charge on any atom is -0.481 e. The lowest BCUT2D eigenvalue weighted by molar-refractivity contribution is -0.141. The molecule has 0 fully saturated rings. The number of aldehydes is 1. The molecule has 0 aliphatic carbocycles. The number of carboxylic acids is 1. The van der Waals surface area contributed by atoms with Gasteiger partial charge in [0.2, 0.25) is 0 Å². The molecule has 2 unspecified atom stereocenters. The Morgan fingerprint density at radius 1 is 1.25 bits per heavy atom. The summed E-state index contributed by atoms with van der Waals surface area (Å²) in [7, 11) is 0. The third-order valence-electron chi connectivity index (χ3n) is 6.68. The smallest absolute Gasteiger partial charge is 0.304 e. The Hall–Kier alpha value is -1.53. The molecular weight excluding hydrogens is 465 g/mol. The van der Waals surface area contributed by atoms with Gasteiger partial charge in [-0.3, -0.25) is 4.79 Å². The van der Waals surface area contributed by atoms with Crippen molar-refractivity contribution in [2.24, 2.45) is 5.41 Å². The van der Waals surface area contributed by atoms with Gasteiger partial charge < -0.3 is 15.2 Å². The van der Waals surface area contributed by atoms with Crippen molar-refractivity contribution in [2.75, 3.05) is 5.75 Å². The number of rotatable bonds is 8. The zero-order valence-electron chi connectivity index (χ0n) is 18.4. The molecule has 7 heteroatoms. The molecule has 1 aliphatic heterocycles. The molecule has 0 bridgehead atoms. The number of benzene rings is 2. The molecular formula is C25H29Cl2NO3S. The highest BCUT2D eigenvalue weighted by atomic mass is 35.5. The van der Waals surface area contributed by atoms with Crippen LogP contribution in [-0.4, -0.2) is 29.2 Å². The molecule has 2 N–H and O–H groups in total. The van der Waals surface area contributed by atoms with E-state index in [2.05, 4.69) is 31.8 Å². The highest BCUT2D eigenvalue weighted by Gasteiger charge is 2.44. The fourth-order valence-electron chi connectivity index (χ4n) is 4.85. The summed E-state index contributed by atoms with van der Waals surface area (Å²) >= 11 is 17.3. The monoisotopic (exact) mass is 493 g/mol. The first-order valence-corrected chi connectivity index (χ1v) is 12.0. The van der Waals surface area contributed by atoms with Crippen LogP contribution in [0.4, 0.5) is 0 Å². The third kappa shape index (κ3) is 5.17. The fraction of sp³-hybridized carbons (Fsp3) is 0.440. The molecule has 4 nitrogen and oxygen atoms in total. The van der Waals surface area contributed by atoms with Gasteiger partial charge in [0.15, 0.2) is 0 Å². The second-order valence-electron chi connectivity index (χ2n) is 9.54. The molecule has 0 spiro atoms. The van der Waals surface area contributed by atoms with Crippen LogP contribution in [0.3, 0.4) is 0 Å². The van der Waals surface area contributed by atoms with Gasteiger partial charge in [0.1, 0.15) is 6.29 Å². The van der Waals surface area contributed by atoms with Crippen LogP contribution < -0.4 is 5.32 Å². The molecule has 0 aromatic heterocycles. The minimum atomic E-state index is -1.03. The van der Waals surface area contributed by atoms with E-state index >= 15 is 0 Å². The summed E-state index contributed by atoms with van der Waals surface area (Å²) in [6.07, 6.45) is 0.877. The summed E-state index contributed by atoms with van der Waals surface area (Å²) in [6.45, 7) is 6.04. The molecule has 3 rings (SSSR count). The maximum Gasteiger partial charge on any atom is 0.304 e. The highest BCUT2D eigenvalue weighted by molar-refractivity contribution is 7.80. The number of hydrogen-bond donors (Lipinski definition) is 3. The maximum absolute atomic E-state index is 12.1. The van der Waals surface area contributed by atoms with Gasteiger partial charge in [-0.15, -0.1) is 0 Å². The number of aliphatic carboxylic acids is 1. The minimum absolute atomic E-state index is 0.0467. The second-order valence-corrected chi connectivity index (χ2v) is 10.8. The van der Waals surface area contributed by atoms with E-state index in [0.29, 0.717) is 22.2 Å². The number of carbonyl (C=O) groups is 2. The second kappa shape index (κ2) is 9.76. The molecule has 2 aromatic carbocycles. The standard InChI is InChI=1S/C25H29Cl2NO3S/c1-24(2)20-10-17(27)7-8-18(20)23(28-21(24)13-32)19(15-5-4-6-16(26)9-15)11-25(3,14-29)12-22(30)31/h4-10,14,19,21,23,28,32H,11-13H2,1-3H3,(H,30,31)/t19-,21?,23?,25-/m1/s1. The van der Waals surface area contributed by atoms with Gasteiger partial charge in [0, 0.05) is 44.6 Å². The summed E-state index contributed by atoms with van der Waals surface area (Å²) in [5.74, 6) is -0.582. The van der Waals surface area contributed by atoms with E-state index in [4.69, 9.17) is 23.2 Å². The maximum atomic E-state index is 12.1. The van der Waals surface area contributed by atoms with E-state index in [1.807, 2.05) is 36.4 Å². The molecule has 32 heavy (non-hydrogen) atoms. The normalized spacial score (nSPS) is 22.4. The summed E-state index contributed by atoms with van der Waals surface area (Å²) < 4.78 is 0. The molecule has 0 saturated carbocycles. The van der Waals surface area contributed by atoms with Crippen LogP contribution in [0.25, 0.3) is 0 Å². The van der Waals surface area contributed by atoms with Crippen LogP contribution >= 0.6 is 35.8 Å². The zero-order chi connectivity index (χ0) is 23.7. The van der Waals surface area contributed by atoms with Gasteiger partial charge in [0.25, 0.3) is 0 Å². The van der Waals surface area contributed by atoms with Crippen molar-refractivity contribution in [1.82, 2.24) is 5.32 Å². The first-order chi connectivity index (χ1) is 15.0. The Bertz CT molecular complexity index is 1010. The zero-order valence-corrected chi connectivity index (χ0v) is 20.8. The van der Waals surface area contributed by atoms with Gasteiger partial charge in [-0.2, -0.15) is 12.6 Å². The fourth-order valence-corrected chi connectivity index (χ4v) is 5.78. The summed E-state index contributed by atoms with van der Waals surface area (Å²) in [6, 6.07) is 13.3. The number of nitrogens with one attached hydrogen (secondary N) is 1. The molecule has 0 amide bonds. The van der Waals surface area contributed by atoms with E-state index < -0.39 is 11.4 Å². The lowest BCUT2D eigenvalue weighted by Crippen LogP contribution is -2.53. The van der Waals surface area contributed by atoms with Crippen LogP contribution in [0, 0.1) is 5.41 Å². The SMILES string of the molecule is CC1(C)c2cc(Cl)ccc2C([C@H](C[C@@](C)(C=O)CC(=O)O)c2cccc(Cl)c2)NC1CS. The van der Waals surface area contributed by atoms with Crippen molar-refractivity contribution >= 4 is 48.1 Å². The summed E-state index contributed by atoms with van der Waals surface area (Å²) in [5.41, 5.74) is 1.92. The van der Waals surface area contributed by atoms with Gasteiger partial charge in [-0.1, -0.05) is 62.2 Å². The molecule has 1 heterocycles. The Kier molecular flexibility index (Phi) is 7.66. The number of carbonyl (C=O) groups excluding carboxylic acids is 1. The van der Waals surface area contributed by atoms with E-state index in [1.54, 1.807) is 13.0 Å². The highest BCUT2D eigenvalue weighted by Crippen LogP contribution is 2.48. The molecule has 0 saturated heterocycles. The number of hydrogen-bond acceptors (Lipinski definition) is 4. The molecule has 4 atom stereocenters. The van der Waals surface area contributed by atoms with Crippen LogP contribution in [0.1, 0.15) is 62.3 Å². The van der Waals surface area contributed by atoms with Crippen LogP contribution in [0.2, 0.25) is 10.0 Å². The van der Waals surface area contributed by atoms with Crippen molar-refractivity contribution in [3.8, 4) is 0 Å². The van der Waals surface area contributed by atoms with Gasteiger partial charge in [-0.05, 0) is 47.4 Å². The molecule has 0 radical (unpaired) electrons. The van der Waals surface area contributed by atoms with Crippen molar-refractivity contribution < 1.29 is 14.7 Å². The van der Waals surface area contributed by atoms with Crippen molar-refractivity contribution in [3.63, 3.8) is 0 Å². The number of thiol groups is 1. The van der Waals surface area contributed by atoms with Crippen LogP contribution in [-0.2, 0) is 15.0 Å². The van der Waals surface area contributed by atoms with Crippen molar-refractivity contribution in [2.45, 2.75) is 57.0 Å². The predicted octanol–water partition coefficient (Wildman–Crippen LogP) is 6.07. The Balaban J connectivity index is 2.18. The Morgan fingerprint density at radius 3 is 2.53 bits per heavy atom. The van der Waals surface area contributed by atoms with Gasteiger partial charge in [0.05, 0.1) is 6.42 Å². The largest absolute Gasteiger partial charge is 0.481 e. The van der Waals surface area contributed by atoms with Crippen molar-refractivity contribution in [3.05, 3.63) is 69.2 Å². The molecule has 2 aromatic rings. The average Bonchev–Trinajstić information content (AvgIpc) is 2.72. The van der Waals surface area contributed by atoms with E-state index in [9.17, 15) is 14.7 Å². The third-order valence-corrected chi connectivity index (χ3v) is 7.52. The summed E-state index contributed by atoms with van der Waals surface area (Å²) in [5, 5.41) is 14.5. The molecule has 1 aliphatic rings. The van der Waals surface area contributed by atoms with Gasteiger partial charge in [-0.25, -0.2) is 0 Å². The van der Waals surface area contributed by atoms with Gasteiger partial charge >= 0.3 is 5.97 Å². The van der Waals surface area contributed by atoms with Crippen LogP contribution in [0.5, 0.6) is 0 Å². The number of fused-ring (bicyclic) bond motifs is 1. The van der Waals surface area contributed by atoms with Crippen molar-refractivity contribution in [1.29, 1.82) is 0 Å². The predicted molar refractivity (Wildman–Crippen MR) is 133 cm³/mol. The first kappa shape index (κ1) is 25.1. The number of halogens is 2. The molecule has 172 valence electrons. The lowest BCUT2D eigenvalue weighted by Gasteiger charge is -2.47. The number of carboxylic acid groups (broad SMARTS) is 1. The van der Waals surface area contributed by atoms with Crippen LogP contribution in [0.15, 0.2) is 42.5 Å². The van der Waals surface area contributed by atoms with E-state index in [-0.39, 0.29) is 29.8 Å². The van der Waals surface area contributed by atoms with E-state index in [1.165, 1.54) is 0 Å². The Morgan fingerprint density at radius 2 is 1.94 bits per heavy atom. The first-order valence-electron chi connectivity index (χ1n) is 10.6. The lowest BCUT2D eigenvalue weighted by atomic mass is 9.66. The van der Waals surface area contributed by atoms with E-state index in [0.717, 1.165) is 23.0 Å². The average molecular weight is 494 g/mol. The Labute approximate surface area is 205 Å². The topological polar surface area (TPSA) is 66.4 Å². The summed E-state index contributed by atoms with van der Waals surface area (Å²) in [4.78, 5) is 23.6. The quantitative estimate of drug-likeness (QED) is 0.308.